The van der Waals surface area contributed by atoms with Gasteiger partial charge in [0.25, 0.3) is 5.91 Å². The third kappa shape index (κ3) is 2.39. The number of nitrogens with one attached hydrogen (secondary N) is 1. The minimum Gasteiger partial charge on any atom is -0.342 e. The normalized spacial score (nSPS) is 18.7. The molecule has 0 bridgehead atoms. The van der Waals surface area contributed by atoms with E-state index in [1.165, 1.54) is 11.3 Å². The molecule has 3 heterocycles. The Balaban J connectivity index is 1.56. The SMILES string of the molecule is O=C(c1cncs1)N1CCC[C@@H](c2nc3ccccc3[nH]2)C1. The summed E-state index contributed by atoms with van der Waals surface area (Å²) in [6, 6.07) is 8.05. The van der Waals surface area contributed by atoms with Crippen LogP contribution >= 0.6 is 11.3 Å². The third-order valence-corrected chi connectivity index (χ3v) is 4.91. The first-order chi connectivity index (χ1) is 10.8. The number of carbonyl (C=O) groups is 1. The zero-order valence-corrected chi connectivity index (χ0v) is 12.8. The van der Waals surface area contributed by atoms with Crippen LogP contribution in [0.15, 0.2) is 36.0 Å². The number of para-hydroxylation sites is 2. The molecule has 4 rings (SSSR count). The van der Waals surface area contributed by atoms with Gasteiger partial charge in [-0.05, 0) is 25.0 Å². The molecular formula is C16H16N4OS. The molecule has 5 nitrogen and oxygen atoms in total. The fraction of sp³-hybridized carbons (Fsp3) is 0.312. The smallest absolute Gasteiger partial charge is 0.265 e. The summed E-state index contributed by atoms with van der Waals surface area (Å²) in [5.41, 5.74) is 3.75. The molecule has 6 heteroatoms. The summed E-state index contributed by atoms with van der Waals surface area (Å²) in [6.07, 6.45) is 3.72. The van der Waals surface area contributed by atoms with E-state index in [0.29, 0.717) is 4.88 Å². The maximum atomic E-state index is 12.5. The van der Waals surface area contributed by atoms with Crippen molar-refractivity contribution in [3.8, 4) is 0 Å². The van der Waals surface area contributed by atoms with Gasteiger partial charge in [-0.2, -0.15) is 0 Å². The molecule has 0 spiro atoms. The van der Waals surface area contributed by atoms with Crippen molar-refractivity contribution in [2.75, 3.05) is 13.1 Å². The van der Waals surface area contributed by atoms with Crippen LogP contribution in [0.1, 0.15) is 34.3 Å². The lowest BCUT2D eigenvalue weighted by atomic mass is 9.97. The zero-order valence-electron chi connectivity index (χ0n) is 12.0. The van der Waals surface area contributed by atoms with Crippen molar-refractivity contribution in [3.05, 3.63) is 46.7 Å². The summed E-state index contributed by atoms with van der Waals surface area (Å²) in [5, 5.41) is 0. The molecule has 0 aliphatic carbocycles. The van der Waals surface area contributed by atoms with Gasteiger partial charge in [0.2, 0.25) is 0 Å². The summed E-state index contributed by atoms with van der Waals surface area (Å²) in [5.74, 6) is 1.35. The quantitative estimate of drug-likeness (QED) is 0.791. The van der Waals surface area contributed by atoms with Crippen molar-refractivity contribution in [1.29, 1.82) is 0 Å². The minimum atomic E-state index is 0.0864. The van der Waals surface area contributed by atoms with Crippen molar-refractivity contribution in [2.45, 2.75) is 18.8 Å². The number of benzene rings is 1. The average molecular weight is 312 g/mol. The third-order valence-electron chi connectivity index (χ3n) is 4.15. The van der Waals surface area contributed by atoms with Gasteiger partial charge in [0.1, 0.15) is 10.7 Å². The van der Waals surface area contributed by atoms with E-state index in [4.69, 9.17) is 0 Å². The van der Waals surface area contributed by atoms with Crippen LogP contribution < -0.4 is 0 Å². The summed E-state index contributed by atoms with van der Waals surface area (Å²) in [6.45, 7) is 1.53. The standard InChI is InChI=1S/C16H16N4OS/c21-16(14-8-17-10-22-14)20-7-3-4-11(9-20)15-18-12-5-1-2-6-13(12)19-15/h1-2,5-6,8,10-11H,3-4,7,9H2,(H,18,19)/t11-/m1/s1. The number of thiazole rings is 1. The Kier molecular flexibility index (Phi) is 3.38. The summed E-state index contributed by atoms with van der Waals surface area (Å²) >= 11 is 1.40. The Labute approximate surface area is 132 Å². The van der Waals surface area contributed by atoms with E-state index in [0.717, 1.165) is 42.8 Å². The molecule has 3 aromatic rings. The molecule has 0 unspecified atom stereocenters. The number of H-pyrrole nitrogens is 1. The van der Waals surface area contributed by atoms with Gasteiger partial charge in [-0.1, -0.05) is 12.1 Å². The average Bonchev–Trinajstić information content (AvgIpc) is 3.23. The predicted octanol–water partition coefficient (Wildman–Crippen LogP) is 3.04. The Morgan fingerprint density at radius 3 is 3.09 bits per heavy atom. The van der Waals surface area contributed by atoms with Crippen LogP contribution in [0.25, 0.3) is 11.0 Å². The van der Waals surface area contributed by atoms with E-state index < -0.39 is 0 Å². The van der Waals surface area contributed by atoms with Crippen LogP contribution in [-0.2, 0) is 0 Å². The van der Waals surface area contributed by atoms with Crippen LogP contribution in [0.5, 0.6) is 0 Å². The van der Waals surface area contributed by atoms with Crippen molar-refractivity contribution in [3.63, 3.8) is 0 Å². The van der Waals surface area contributed by atoms with Gasteiger partial charge in [0, 0.05) is 19.0 Å². The van der Waals surface area contributed by atoms with Crippen molar-refractivity contribution < 1.29 is 4.79 Å². The highest BCUT2D eigenvalue weighted by molar-refractivity contribution is 7.11. The topological polar surface area (TPSA) is 61.9 Å². The molecule has 1 fully saturated rings. The number of aromatic amines is 1. The Bertz CT molecular complexity index is 762. The monoisotopic (exact) mass is 312 g/mol. The van der Waals surface area contributed by atoms with Gasteiger partial charge < -0.3 is 9.88 Å². The summed E-state index contributed by atoms with van der Waals surface area (Å²) < 4.78 is 0. The van der Waals surface area contributed by atoms with E-state index in [-0.39, 0.29) is 11.8 Å². The van der Waals surface area contributed by atoms with Crippen LogP contribution in [0, 0.1) is 0 Å². The lowest BCUT2D eigenvalue weighted by Crippen LogP contribution is -2.39. The summed E-state index contributed by atoms with van der Waals surface area (Å²) in [4.78, 5) is 27.2. The maximum absolute atomic E-state index is 12.5. The molecule has 1 amide bonds. The molecule has 0 radical (unpaired) electrons. The molecule has 22 heavy (non-hydrogen) atoms. The fourth-order valence-corrected chi connectivity index (χ4v) is 3.61. The molecule has 112 valence electrons. The Morgan fingerprint density at radius 2 is 2.27 bits per heavy atom. The van der Waals surface area contributed by atoms with E-state index in [2.05, 4.69) is 15.0 Å². The van der Waals surface area contributed by atoms with Crippen LogP contribution in [0.4, 0.5) is 0 Å². The van der Waals surface area contributed by atoms with Crippen LogP contribution in [0.2, 0.25) is 0 Å². The van der Waals surface area contributed by atoms with Gasteiger partial charge in [0.05, 0.1) is 22.7 Å². The van der Waals surface area contributed by atoms with Crippen molar-refractivity contribution in [1.82, 2.24) is 19.9 Å². The second-order valence-electron chi connectivity index (χ2n) is 5.60. The number of piperidine rings is 1. The number of hydrogen-bond donors (Lipinski definition) is 1. The Hall–Kier alpha value is -2.21. The molecule has 1 atom stereocenters. The van der Waals surface area contributed by atoms with Crippen LogP contribution in [0.3, 0.4) is 0 Å². The second kappa shape index (κ2) is 5.53. The Morgan fingerprint density at radius 1 is 1.36 bits per heavy atom. The molecule has 1 aliphatic rings. The van der Waals surface area contributed by atoms with Gasteiger partial charge in [0.15, 0.2) is 0 Å². The molecule has 1 aliphatic heterocycles. The molecule has 1 saturated heterocycles. The maximum Gasteiger partial charge on any atom is 0.265 e. The number of aromatic nitrogens is 3. The lowest BCUT2D eigenvalue weighted by molar-refractivity contribution is 0.0709. The van der Waals surface area contributed by atoms with Gasteiger partial charge >= 0.3 is 0 Å². The molecule has 1 N–H and O–H groups in total. The first kappa shape index (κ1) is 13.5. The zero-order chi connectivity index (χ0) is 14.9. The molecular weight excluding hydrogens is 296 g/mol. The lowest BCUT2D eigenvalue weighted by Gasteiger charge is -2.31. The number of imidazole rings is 1. The van der Waals surface area contributed by atoms with Crippen molar-refractivity contribution in [2.24, 2.45) is 0 Å². The van der Waals surface area contributed by atoms with Gasteiger partial charge in [-0.3, -0.25) is 9.78 Å². The highest BCUT2D eigenvalue weighted by atomic mass is 32.1. The van der Waals surface area contributed by atoms with Crippen LogP contribution in [-0.4, -0.2) is 38.8 Å². The second-order valence-corrected chi connectivity index (χ2v) is 6.48. The number of nitrogens with zero attached hydrogens (tertiary/aromatic N) is 3. The number of rotatable bonds is 2. The van der Waals surface area contributed by atoms with E-state index in [9.17, 15) is 4.79 Å². The first-order valence-corrected chi connectivity index (χ1v) is 8.31. The number of amides is 1. The van der Waals surface area contributed by atoms with E-state index in [1.54, 1.807) is 11.7 Å². The predicted molar refractivity (Wildman–Crippen MR) is 86.1 cm³/mol. The fourth-order valence-electron chi connectivity index (χ4n) is 3.03. The molecule has 1 aromatic carbocycles. The summed E-state index contributed by atoms with van der Waals surface area (Å²) in [7, 11) is 0. The number of hydrogen-bond acceptors (Lipinski definition) is 4. The minimum absolute atomic E-state index is 0.0864. The highest BCUT2D eigenvalue weighted by Crippen LogP contribution is 2.27. The molecule has 0 saturated carbocycles. The largest absolute Gasteiger partial charge is 0.342 e. The highest BCUT2D eigenvalue weighted by Gasteiger charge is 2.27. The first-order valence-electron chi connectivity index (χ1n) is 7.43. The number of fused-ring (bicyclic) bond motifs is 1. The van der Waals surface area contributed by atoms with Gasteiger partial charge in [-0.25, -0.2) is 4.98 Å². The number of likely N-dealkylation sites (tertiary alicyclic amines) is 1. The van der Waals surface area contributed by atoms with E-state index in [1.807, 2.05) is 29.2 Å². The van der Waals surface area contributed by atoms with Gasteiger partial charge in [-0.15, -0.1) is 11.3 Å². The number of carbonyl (C=O) groups excluding carboxylic acids is 1. The molecule has 2 aromatic heterocycles. The van der Waals surface area contributed by atoms with E-state index >= 15 is 0 Å². The van der Waals surface area contributed by atoms with Crippen molar-refractivity contribution >= 4 is 28.3 Å².